The van der Waals surface area contributed by atoms with E-state index in [0.29, 0.717) is 23.1 Å². The van der Waals surface area contributed by atoms with E-state index in [1.807, 2.05) is 36.4 Å². The van der Waals surface area contributed by atoms with Gasteiger partial charge >= 0.3 is 5.97 Å². The maximum atomic E-state index is 11.9. The summed E-state index contributed by atoms with van der Waals surface area (Å²) in [5.41, 5.74) is 2.87. The van der Waals surface area contributed by atoms with Crippen molar-refractivity contribution in [1.29, 1.82) is 0 Å². The van der Waals surface area contributed by atoms with Crippen molar-refractivity contribution in [3.8, 4) is 11.1 Å². The molecule has 7 heteroatoms. The number of benzene rings is 2. The SMILES string of the molecule is CCOC(=O)/C=C/[C@H](Cc1ccc(-c2cc(Cl)cc(Cl)c2)cc1)NC(=O)COC. The second-order valence-electron chi connectivity index (χ2n) is 6.28. The first-order valence-corrected chi connectivity index (χ1v) is 9.85. The molecule has 154 valence electrons. The molecule has 0 aromatic heterocycles. The highest BCUT2D eigenvalue weighted by Gasteiger charge is 2.12. The molecule has 0 unspecified atom stereocenters. The van der Waals surface area contributed by atoms with Gasteiger partial charge in [-0.1, -0.05) is 53.5 Å². The molecule has 2 aromatic rings. The summed E-state index contributed by atoms with van der Waals surface area (Å²) in [6, 6.07) is 12.8. The van der Waals surface area contributed by atoms with Gasteiger partial charge in [0.2, 0.25) is 5.91 Å². The minimum absolute atomic E-state index is 0.0573. The highest BCUT2D eigenvalue weighted by atomic mass is 35.5. The van der Waals surface area contributed by atoms with Crippen LogP contribution in [0.4, 0.5) is 0 Å². The largest absolute Gasteiger partial charge is 0.463 e. The quantitative estimate of drug-likeness (QED) is 0.466. The summed E-state index contributed by atoms with van der Waals surface area (Å²) in [5.74, 6) is -0.720. The van der Waals surface area contributed by atoms with E-state index in [-0.39, 0.29) is 18.6 Å². The first-order chi connectivity index (χ1) is 13.9. The molecule has 0 aliphatic carbocycles. The monoisotopic (exact) mass is 435 g/mol. The fourth-order valence-electron chi connectivity index (χ4n) is 2.74. The number of ether oxygens (including phenoxy) is 2. The first-order valence-electron chi connectivity index (χ1n) is 9.10. The Labute approximate surface area is 180 Å². The van der Waals surface area contributed by atoms with Gasteiger partial charge in [-0.05, 0) is 48.2 Å². The van der Waals surface area contributed by atoms with Crippen LogP contribution in [-0.4, -0.2) is 38.2 Å². The van der Waals surface area contributed by atoms with Gasteiger partial charge in [0, 0.05) is 23.2 Å². The van der Waals surface area contributed by atoms with Gasteiger partial charge in [-0.2, -0.15) is 0 Å². The van der Waals surface area contributed by atoms with Gasteiger partial charge < -0.3 is 14.8 Å². The van der Waals surface area contributed by atoms with Crippen LogP contribution in [-0.2, 0) is 25.5 Å². The Morgan fingerprint density at radius 1 is 1.07 bits per heavy atom. The number of methoxy groups -OCH3 is 1. The van der Waals surface area contributed by atoms with Gasteiger partial charge in [0.15, 0.2) is 0 Å². The Balaban J connectivity index is 2.14. The number of rotatable bonds is 9. The van der Waals surface area contributed by atoms with E-state index in [1.54, 1.807) is 19.1 Å². The number of hydrogen-bond donors (Lipinski definition) is 1. The van der Waals surface area contributed by atoms with E-state index < -0.39 is 5.97 Å². The van der Waals surface area contributed by atoms with Crippen molar-refractivity contribution in [2.24, 2.45) is 0 Å². The molecule has 5 nitrogen and oxygen atoms in total. The maximum absolute atomic E-state index is 11.9. The van der Waals surface area contributed by atoms with Gasteiger partial charge in [-0.3, -0.25) is 4.79 Å². The van der Waals surface area contributed by atoms with Crippen LogP contribution < -0.4 is 5.32 Å². The number of carbonyl (C=O) groups is 2. The third kappa shape index (κ3) is 7.89. The van der Waals surface area contributed by atoms with Crippen molar-refractivity contribution in [1.82, 2.24) is 5.32 Å². The molecule has 2 rings (SSSR count). The molecular weight excluding hydrogens is 413 g/mol. The van der Waals surface area contributed by atoms with Crippen LogP contribution in [0.2, 0.25) is 10.0 Å². The highest BCUT2D eigenvalue weighted by molar-refractivity contribution is 6.35. The van der Waals surface area contributed by atoms with Crippen molar-refractivity contribution >= 4 is 35.1 Å². The maximum Gasteiger partial charge on any atom is 0.330 e. The number of nitrogens with one attached hydrogen (secondary N) is 1. The molecule has 0 saturated carbocycles. The molecule has 0 radical (unpaired) electrons. The van der Waals surface area contributed by atoms with E-state index in [0.717, 1.165) is 16.7 Å². The molecule has 0 heterocycles. The first kappa shape index (κ1) is 22.9. The molecule has 2 aromatic carbocycles. The zero-order chi connectivity index (χ0) is 21.2. The smallest absolute Gasteiger partial charge is 0.330 e. The number of hydrogen-bond acceptors (Lipinski definition) is 4. The summed E-state index contributed by atoms with van der Waals surface area (Å²) in [6.45, 7) is 1.97. The Hall–Kier alpha value is -2.34. The van der Waals surface area contributed by atoms with Gasteiger partial charge in [-0.15, -0.1) is 0 Å². The Morgan fingerprint density at radius 3 is 2.31 bits per heavy atom. The summed E-state index contributed by atoms with van der Waals surface area (Å²) < 4.78 is 9.75. The number of carbonyl (C=O) groups excluding carboxylic acids is 2. The second-order valence-corrected chi connectivity index (χ2v) is 7.15. The van der Waals surface area contributed by atoms with Gasteiger partial charge in [0.05, 0.1) is 12.6 Å². The molecule has 0 bridgehead atoms. The van der Waals surface area contributed by atoms with Gasteiger partial charge in [0.1, 0.15) is 6.61 Å². The average Bonchev–Trinajstić information content (AvgIpc) is 2.66. The molecule has 0 aliphatic heterocycles. The Bertz CT molecular complexity index is 845. The van der Waals surface area contributed by atoms with Crippen LogP contribution in [0.15, 0.2) is 54.6 Å². The zero-order valence-corrected chi connectivity index (χ0v) is 17.8. The standard InChI is InChI=1S/C22H23Cl2NO4/c1-3-29-22(27)9-8-20(25-21(26)14-28-2)10-15-4-6-16(7-5-15)17-11-18(23)13-19(24)12-17/h4-9,11-13,20H,3,10,14H2,1-2H3,(H,25,26)/b9-8+/t20-/m1/s1. The number of esters is 1. The lowest BCUT2D eigenvalue weighted by Gasteiger charge is -2.15. The van der Waals surface area contributed by atoms with Crippen LogP contribution >= 0.6 is 23.2 Å². The van der Waals surface area contributed by atoms with E-state index in [1.165, 1.54) is 13.2 Å². The van der Waals surface area contributed by atoms with Crippen LogP contribution in [0, 0.1) is 0 Å². The summed E-state index contributed by atoms with van der Waals surface area (Å²) in [4.78, 5) is 23.5. The van der Waals surface area contributed by atoms with E-state index in [2.05, 4.69) is 5.32 Å². The van der Waals surface area contributed by atoms with Gasteiger partial charge in [0.25, 0.3) is 0 Å². The van der Waals surface area contributed by atoms with Crippen LogP contribution in [0.25, 0.3) is 11.1 Å². The fraction of sp³-hybridized carbons (Fsp3) is 0.273. The molecule has 29 heavy (non-hydrogen) atoms. The van der Waals surface area contributed by atoms with E-state index >= 15 is 0 Å². The van der Waals surface area contributed by atoms with Crippen molar-refractivity contribution in [3.63, 3.8) is 0 Å². The Morgan fingerprint density at radius 2 is 1.72 bits per heavy atom. The number of halogens is 2. The summed E-state index contributed by atoms with van der Waals surface area (Å²) in [7, 11) is 1.45. The highest BCUT2D eigenvalue weighted by Crippen LogP contribution is 2.27. The summed E-state index contributed by atoms with van der Waals surface area (Å²) in [5, 5.41) is 3.97. The minimum atomic E-state index is -0.452. The van der Waals surface area contributed by atoms with E-state index in [4.69, 9.17) is 32.7 Å². The molecule has 1 N–H and O–H groups in total. The third-order valence-electron chi connectivity index (χ3n) is 3.98. The number of amides is 1. The molecular formula is C22H23Cl2NO4. The molecule has 1 atom stereocenters. The third-order valence-corrected chi connectivity index (χ3v) is 4.41. The van der Waals surface area contributed by atoms with Crippen LogP contribution in [0.5, 0.6) is 0 Å². The topological polar surface area (TPSA) is 64.6 Å². The lowest BCUT2D eigenvalue weighted by molar-refractivity contribution is -0.137. The fourth-order valence-corrected chi connectivity index (χ4v) is 3.27. The molecule has 0 fully saturated rings. The normalized spacial score (nSPS) is 12.0. The lowest BCUT2D eigenvalue weighted by Crippen LogP contribution is -2.37. The van der Waals surface area contributed by atoms with Gasteiger partial charge in [-0.25, -0.2) is 4.79 Å². The lowest BCUT2D eigenvalue weighted by atomic mass is 10.0. The van der Waals surface area contributed by atoms with Crippen molar-refractivity contribution in [3.05, 3.63) is 70.2 Å². The summed E-state index contributed by atoms with van der Waals surface area (Å²) >= 11 is 12.2. The van der Waals surface area contributed by atoms with Crippen molar-refractivity contribution in [2.75, 3.05) is 20.3 Å². The average molecular weight is 436 g/mol. The molecule has 0 saturated heterocycles. The second kappa shape index (κ2) is 11.6. The minimum Gasteiger partial charge on any atom is -0.463 e. The molecule has 0 aliphatic rings. The predicted octanol–water partition coefficient (Wildman–Crippen LogP) is 4.45. The van der Waals surface area contributed by atoms with Crippen molar-refractivity contribution in [2.45, 2.75) is 19.4 Å². The Kier molecular flexibility index (Phi) is 9.19. The van der Waals surface area contributed by atoms with Crippen LogP contribution in [0.3, 0.4) is 0 Å². The van der Waals surface area contributed by atoms with Crippen LogP contribution in [0.1, 0.15) is 12.5 Å². The molecule has 1 amide bonds. The zero-order valence-electron chi connectivity index (χ0n) is 16.3. The van der Waals surface area contributed by atoms with Crippen molar-refractivity contribution < 1.29 is 19.1 Å². The summed E-state index contributed by atoms with van der Waals surface area (Å²) in [6.07, 6.45) is 3.45. The predicted molar refractivity (Wildman–Crippen MR) is 115 cm³/mol. The molecule has 0 spiro atoms. The van der Waals surface area contributed by atoms with E-state index in [9.17, 15) is 9.59 Å².